The van der Waals surface area contributed by atoms with E-state index in [9.17, 15) is 18.0 Å². The van der Waals surface area contributed by atoms with E-state index in [1.54, 1.807) is 12.1 Å². The maximum atomic E-state index is 12.7. The minimum absolute atomic E-state index is 0.109. The number of carbonyl (C=O) groups is 1. The molecule has 1 heterocycles. The van der Waals surface area contributed by atoms with Crippen molar-refractivity contribution in [3.63, 3.8) is 0 Å². The van der Waals surface area contributed by atoms with Crippen LogP contribution in [0.1, 0.15) is 43.2 Å². The summed E-state index contributed by atoms with van der Waals surface area (Å²) >= 11 is 0. The van der Waals surface area contributed by atoms with Crippen LogP contribution in [0.3, 0.4) is 0 Å². The zero-order valence-electron chi connectivity index (χ0n) is 15.6. The molecule has 3 rings (SSSR count). The third kappa shape index (κ3) is 6.21. The summed E-state index contributed by atoms with van der Waals surface area (Å²) in [6.45, 7) is 4.46. The highest BCUT2D eigenvalue weighted by Crippen LogP contribution is 2.29. The molecule has 0 atom stereocenters. The number of carbonyl (C=O) groups excluding carboxylic acids is 1. The highest BCUT2D eigenvalue weighted by molar-refractivity contribution is 5.78. The van der Waals surface area contributed by atoms with Crippen molar-refractivity contribution in [2.45, 2.75) is 50.9 Å². The molecule has 0 spiro atoms. The van der Waals surface area contributed by atoms with Crippen molar-refractivity contribution in [2.75, 3.05) is 32.7 Å². The molecule has 0 unspecified atom stereocenters. The monoisotopic (exact) mass is 383 g/mol. The Balaban J connectivity index is 1.44. The fraction of sp³-hybridized carbons (Fsp3) is 0.650. The second-order valence-corrected chi connectivity index (χ2v) is 7.65. The number of amides is 1. The van der Waals surface area contributed by atoms with Crippen molar-refractivity contribution in [3.05, 3.63) is 35.4 Å². The van der Waals surface area contributed by atoms with Gasteiger partial charge in [-0.05, 0) is 50.0 Å². The van der Waals surface area contributed by atoms with Crippen LogP contribution >= 0.6 is 0 Å². The number of nitrogens with one attached hydrogen (secondary N) is 1. The van der Waals surface area contributed by atoms with Gasteiger partial charge in [0.2, 0.25) is 5.91 Å². The Morgan fingerprint density at radius 1 is 0.963 bits per heavy atom. The minimum atomic E-state index is -4.29. The van der Waals surface area contributed by atoms with Gasteiger partial charge in [0.15, 0.2) is 0 Å². The molecular formula is C20H28F3N3O. The Labute approximate surface area is 158 Å². The molecule has 1 N–H and O–H groups in total. The summed E-state index contributed by atoms with van der Waals surface area (Å²) in [7, 11) is 0. The zero-order chi connectivity index (χ0) is 19.3. The van der Waals surface area contributed by atoms with E-state index in [1.807, 2.05) is 0 Å². The molecule has 1 amide bonds. The molecule has 2 aliphatic rings. The Morgan fingerprint density at radius 2 is 1.59 bits per heavy atom. The van der Waals surface area contributed by atoms with Gasteiger partial charge in [-0.3, -0.25) is 14.6 Å². The molecule has 1 saturated carbocycles. The van der Waals surface area contributed by atoms with Crippen molar-refractivity contribution in [3.8, 4) is 0 Å². The highest BCUT2D eigenvalue weighted by atomic mass is 19.4. The lowest BCUT2D eigenvalue weighted by atomic mass is 10.1. The van der Waals surface area contributed by atoms with E-state index in [0.29, 0.717) is 19.1 Å². The van der Waals surface area contributed by atoms with Crippen LogP contribution in [-0.4, -0.2) is 54.5 Å². The van der Waals surface area contributed by atoms with E-state index in [2.05, 4.69) is 15.1 Å². The normalized spacial score (nSPS) is 20.6. The summed E-state index contributed by atoms with van der Waals surface area (Å²) in [5.41, 5.74) is 0.275. The fourth-order valence-corrected chi connectivity index (χ4v) is 3.94. The number of rotatable bonds is 5. The molecule has 4 nitrogen and oxygen atoms in total. The van der Waals surface area contributed by atoms with Crippen LogP contribution < -0.4 is 5.32 Å². The number of hydrogen-bond donors (Lipinski definition) is 1. The molecule has 1 saturated heterocycles. The van der Waals surface area contributed by atoms with E-state index in [4.69, 9.17) is 0 Å². The smallest absolute Gasteiger partial charge is 0.352 e. The molecule has 0 aromatic heterocycles. The predicted molar refractivity (Wildman–Crippen MR) is 98.2 cm³/mol. The van der Waals surface area contributed by atoms with Crippen molar-refractivity contribution in [2.24, 2.45) is 0 Å². The van der Waals surface area contributed by atoms with Crippen LogP contribution in [0.4, 0.5) is 13.2 Å². The van der Waals surface area contributed by atoms with Gasteiger partial charge in [-0.25, -0.2) is 0 Å². The summed E-state index contributed by atoms with van der Waals surface area (Å²) in [6, 6.07) is 5.75. The molecule has 1 aliphatic heterocycles. The Kier molecular flexibility index (Phi) is 6.76. The molecule has 0 radical (unpaired) electrons. The first kappa shape index (κ1) is 20.1. The standard InChI is InChI=1S/C20H28F3N3O/c21-20(22,23)17-8-6-16(7-9-17)14-25-10-3-11-26(13-12-25)15-19(27)24-18-4-1-2-5-18/h6-9,18H,1-5,10-15H2,(H,24,27). The SMILES string of the molecule is O=C(CN1CCCN(Cc2ccc(C(F)(F)F)cc2)CC1)NC1CCCC1. The van der Waals surface area contributed by atoms with E-state index >= 15 is 0 Å². The average molecular weight is 383 g/mol. The third-order valence-electron chi connectivity index (χ3n) is 5.46. The average Bonchev–Trinajstić information content (AvgIpc) is 3.02. The second kappa shape index (κ2) is 9.06. The molecule has 150 valence electrons. The highest BCUT2D eigenvalue weighted by Gasteiger charge is 2.30. The molecule has 7 heteroatoms. The summed E-state index contributed by atoms with van der Waals surface area (Å²) in [4.78, 5) is 16.6. The largest absolute Gasteiger partial charge is 0.416 e. The van der Waals surface area contributed by atoms with E-state index in [-0.39, 0.29) is 5.91 Å². The molecule has 1 aromatic rings. The lowest BCUT2D eigenvalue weighted by Gasteiger charge is -2.22. The molecule has 1 aromatic carbocycles. The van der Waals surface area contributed by atoms with Gasteiger partial charge >= 0.3 is 6.18 Å². The van der Waals surface area contributed by atoms with Gasteiger partial charge in [0, 0.05) is 25.7 Å². The predicted octanol–water partition coefficient (Wildman–Crippen LogP) is 3.27. The lowest BCUT2D eigenvalue weighted by molar-refractivity contribution is -0.137. The first-order valence-corrected chi connectivity index (χ1v) is 9.80. The van der Waals surface area contributed by atoms with Gasteiger partial charge < -0.3 is 5.32 Å². The van der Waals surface area contributed by atoms with Crippen molar-refractivity contribution >= 4 is 5.91 Å². The van der Waals surface area contributed by atoms with Gasteiger partial charge in [-0.15, -0.1) is 0 Å². The summed E-state index contributed by atoms with van der Waals surface area (Å²) in [5, 5.41) is 3.13. The molecule has 2 fully saturated rings. The number of nitrogens with zero attached hydrogens (tertiary/aromatic N) is 2. The molecule has 0 bridgehead atoms. The van der Waals surface area contributed by atoms with Gasteiger partial charge in [0.25, 0.3) is 0 Å². The summed E-state index contributed by atoms with van der Waals surface area (Å²) in [6.07, 6.45) is 1.25. The van der Waals surface area contributed by atoms with Crippen LogP contribution in [0.5, 0.6) is 0 Å². The summed E-state index contributed by atoms with van der Waals surface area (Å²) in [5.74, 6) is 0.109. The van der Waals surface area contributed by atoms with E-state index < -0.39 is 11.7 Å². The Hall–Kier alpha value is -1.60. The zero-order valence-corrected chi connectivity index (χ0v) is 15.6. The van der Waals surface area contributed by atoms with E-state index in [1.165, 1.54) is 12.8 Å². The van der Waals surface area contributed by atoms with Crippen LogP contribution in [0.25, 0.3) is 0 Å². The van der Waals surface area contributed by atoms with Crippen molar-refractivity contribution in [1.29, 1.82) is 0 Å². The topological polar surface area (TPSA) is 35.6 Å². The lowest BCUT2D eigenvalue weighted by Crippen LogP contribution is -2.42. The number of halogens is 3. The Bertz CT molecular complexity index is 612. The maximum absolute atomic E-state index is 12.7. The quantitative estimate of drug-likeness (QED) is 0.848. The van der Waals surface area contributed by atoms with Crippen molar-refractivity contribution < 1.29 is 18.0 Å². The second-order valence-electron chi connectivity index (χ2n) is 7.65. The number of benzene rings is 1. The first-order valence-electron chi connectivity index (χ1n) is 9.80. The maximum Gasteiger partial charge on any atom is 0.416 e. The minimum Gasteiger partial charge on any atom is -0.352 e. The van der Waals surface area contributed by atoms with Gasteiger partial charge in [0.1, 0.15) is 0 Å². The van der Waals surface area contributed by atoms with Crippen LogP contribution in [0.15, 0.2) is 24.3 Å². The number of hydrogen-bond acceptors (Lipinski definition) is 3. The number of alkyl halides is 3. The van der Waals surface area contributed by atoms with Gasteiger partial charge in [-0.1, -0.05) is 25.0 Å². The van der Waals surface area contributed by atoms with Gasteiger partial charge in [0.05, 0.1) is 12.1 Å². The molecule has 1 aliphatic carbocycles. The van der Waals surface area contributed by atoms with E-state index in [0.717, 1.165) is 63.1 Å². The van der Waals surface area contributed by atoms with Crippen molar-refractivity contribution in [1.82, 2.24) is 15.1 Å². The first-order chi connectivity index (χ1) is 12.9. The molecule has 27 heavy (non-hydrogen) atoms. The van der Waals surface area contributed by atoms with Crippen LogP contribution in [0, 0.1) is 0 Å². The van der Waals surface area contributed by atoms with Gasteiger partial charge in [-0.2, -0.15) is 13.2 Å². The van der Waals surface area contributed by atoms with Crippen LogP contribution in [0.2, 0.25) is 0 Å². The van der Waals surface area contributed by atoms with Crippen LogP contribution in [-0.2, 0) is 17.5 Å². The third-order valence-corrected chi connectivity index (χ3v) is 5.46. The Morgan fingerprint density at radius 3 is 2.26 bits per heavy atom. The fourth-order valence-electron chi connectivity index (χ4n) is 3.94. The summed E-state index contributed by atoms with van der Waals surface area (Å²) < 4.78 is 38.0. The molecular weight excluding hydrogens is 355 g/mol.